The Bertz CT molecular complexity index is 531. The van der Waals surface area contributed by atoms with Crippen LogP contribution >= 0.6 is 15.9 Å². The summed E-state index contributed by atoms with van der Waals surface area (Å²) in [7, 11) is 0. The molecule has 0 fully saturated rings. The second kappa shape index (κ2) is 6.78. The normalized spacial score (nSPS) is 12.4. The van der Waals surface area contributed by atoms with Gasteiger partial charge >= 0.3 is 0 Å². The maximum atomic E-state index is 13.2. The highest BCUT2D eigenvalue weighted by Crippen LogP contribution is 2.26. The second-order valence-electron chi connectivity index (χ2n) is 4.34. The van der Waals surface area contributed by atoms with Gasteiger partial charge in [-0.2, -0.15) is 0 Å². The zero-order chi connectivity index (χ0) is 13.7. The fourth-order valence-electron chi connectivity index (χ4n) is 2.08. The highest BCUT2D eigenvalue weighted by atomic mass is 79.9. The van der Waals surface area contributed by atoms with Crippen LogP contribution < -0.4 is 5.32 Å². The van der Waals surface area contributed by atoms with Crippen LogP contribution in [0, 0.1) is 5.82 Å². The first-order valence-corrected chi connectivity index (χ1v) is 7.07. The lowest BCUT2D eigenvalue weighted by Crippen LogP contribution is -2.23. The van der Waals surface area contributed by atoms with Crippen molar-refractivity contribution in [2.24, 2.45) is 0 Å². The summed E-state index contributed by atoms with van der Waals surface area (Å²) >= 11 is 3.44. The third kappa shape index (κ3) is 3.85. The molecular weight excluding hydrogens is 307 g/mol. The van der Waals surface area contributed by atoms with Gasteiger partial charge in [0.1, 0.15) is 5.82 Å². The molecule has 0 saturated carbocycles. The minimum absolute atomic E-state index is 0.155. The van der Waals surface area contributed by atoms with Crippen LogP contribution in [0.1, 0.15) is 24.1 Å². The van der Waals surface area contributed by atoms with Gasteiger partial charge in [-0.15, -0.1) is 0 Å². The fourth-order valence-corrected chi connectivity index (χ4v) is 2.70. The molecule has 1 unspecified atom stereocenters. The molecule has 2 nitrogen and oxygen atoms in total. The Hall–Kier alpha value is -1.26. The quantitative estimate of drug-likeness (QED) is 0.903. The van der Waals surface area contributed by atoms with Crippen LogP contribution in [-0.4, -0.2) is 11.5 Å². The van der Waals surface area contributed by atoms with Crippen LogP contribution in [0.5, 0.6) is 0 Å². The van der Waals surface area contributed by atoms with E-state index in [2.05, 4.69) is 33.2 Å². The van der Waals surface area contributed by atoms with Crippen molar-refractivity contribution in [1.29, 1.82) is 0 Å². The standard InChI is InChI=1S/C15H16BrFN2/c1-2-19-15(9-11-5-7-18-8-6-11)13-4-3-12(17)10-14(13)16/h3-8,10,15,19H,2,9H2,1H3. The minimum atomic E-state index is -0.227. The van der Waals surface area contributed by atoms with E-state index < -0.39 is 0 Å². The molecule has 0 aliphatic rings. The predicted octanol–water partition coefficient (Wildman–Crippen LogP) is 3.88. The molecule has 1 atom stereocenters. The molecule has 100 valence electrons. The molecule has 0 bridgehead atoms. The molecule has 1 aromatic carbocycles. The van der Waals surface area contributed by atoms with Gasteiger partial charge in [0.25, 0.3) is 0 Å². The number of hydrogen-bond donors (Lipinski definition) is 1. The highest BCUT2D eigenvalue weighted by Gasteiger charge is 2.14. The second-order valence-corrected chi connectivity index (χ2v) is 5.19. The van der Waals surface area contributed by atoms with Crippen molar-refractivity contribution < 1.29 is 4.39 Å². The summed E-state index contributed by atoms with van der Waals surface area (Å²) in [6.07, 6.45) is 4.43. The molecule has 19 heavy (non-hydrogen) atoms. The third-order valence-electron chi connectivity index (χ3n) is 2.98. The SMILES string of the molecule is CCNC(Cc1ccncc1)c1ccc(F)cc1Br. The summed E-state index contributed by atoms with van der Waals surface area (Å²) in [4.78, 5) is 4.02. The average Bonchev–Trinajstić information content (AvgIpc) is 2.39. The van der Waals surface area contributed by atoms with Crippen LogP contribution in [0.2, 0.25) is 0 Å². The van der Waals surface area contributed by atoms with Gasteiger partial charge in [0.2, 0.25) is 0 Å². The first-order chi connectivity index (χ1) is 9.20. The molecule has 2 aromatic rings. The zero-order valence-electron chi connectivity index (χ0n) is 10.7. The van der Waals surface area contributed by atoms with Crippen LogP contribution in [0.3, 0.4) is 0 Å². The number of hydrogen-bond acceptors (Lipinski definition) is 2. The van der Waals surface area contributed by atoms with Crippen molar-refractivity contribution in [2.45, 2.75) is 19.4 Å². The number of aromatic nitrogens is 1. The molecular formula is C15H16BrFN2. The van der Waals surface area contributed by atoms with E-state index in [0.29, 0.717) is 0 Å². The molecule has 0 saturated heterocycles. The Morgan fingerprint density at radius 3 is 2.63 bits per heavy atom. The van der Waals surface area contributed by atoms with Crippen molar-refractivity contribution >= 4 is 15.9 Å². The number of halogens is 2. The predicted molar refractivity (Wildman–Crippen MR) is 78.5 cm³/mol. The Labute approximate surface area is 121 Å². The Balaban J connectivity index is 2.24. The van der Waals surface area contributed by atoms with E-state index in [-0.39, 0.29) is 11.9 Å². The Kier molecular flexibility index (Phi) is 5.05. The number of nitrogens with one attached hydrogen (secondary N) is 1. The van der Waals surface area contributed by atoms with Gasteiger partial charge in [-0.05, 0) is 48.4 Å². The minimum Gasteiger partial charge on any atom is -0.310 e. The van der Waals surface area contributed by atoms with Gasteiger partial charge in [0, 0.05) is 22.9 Å². The van der Waals surface area contributed by atoms with Crippen molar-refractivity contribution in [3.8, 4) is 0 Å². The van der Waals surface area contributed by atoms with E-state index >= 15 is 0 Å². The first-order valence-electron chi connectivity index (χ1n) is 6.28. The summed E-state index contributed by atoms with van der Waals surface area (Å²) in [5.74, 6) is -0.227. The summed E-state index contributed by atoms with van der Waals surface area (Å²) in [6.45, 7) is 2.93. The maximum Gasteiger partial charge on any atom is 0.124 e. The zero-order valence-corrected chi connectivity index (χ0v) is 12.3. The molecule has 1 aromatic heterocycles. The molecule has 0 radical (unpaired) electrons. The molecule has 4 heteroatoms. The molecule has 2 rings (SSSR count). The van der Waals surface area contributed by atoms with Crippen LogP contribution in [0.15, 0.2) is 47.2 Å². The average molecular weight is 323 g/mol. The van der Waals surface area contributed by atoms with Crippen LogP contribution in [0.4, 0.5) is 4.39 Å². The van der Waals surface area contributed by atoms with Crippen LogP contribution in [0.25, 0.3) is 0 Å². The van der Waals surface area contributed by atoms with Crippen molar-refractivity contribution in [2.75, 3.05) is 6.54 Å². The molecule has 0 aliphatic heterocycles. The van der Waals surface area contributed by atoms with E-state index in [1.54, 1.807) is 12.4 Å². The fraction of sp³-hybridized carbons (Fsp3) is 0.267. The van der Waals surface area contributed by atoms with E-state index in [0.717, 1.165) is 23.0 Å². The molecule has 0 amide bonds. The van der Waals surface area contributed by atoms with E-state index in [9.17, 15) is 4.39 Å². The number of rotatable bonds is 5. The molecule has 1 heterocycles. The van der Waals surface area contributed by atoms with Crippen molar-refractivity contribution in [1.82, 2.24) is 10.3 Å². The number of likely N-dealkylation sites (N-methyl/N-ethyl adjacent to an activating group) is 1. The summed E-state index contributed by atoms with van der Waals surface area (Å²) in [5, 5.41) is 3.43. The number of nitrogens with zero attached hydrogens (tertiary/aromatic N) is 1. The monoisotopic (exact) mass is 322 g/mol. The van der Waals surface area contributed by atoms with Gasteiger partial charge in [-0.25, -0.2) is 4.39 Å². The maximum absolute atomic E-state index is 13.2. The lowest BCUT2D eigenvalue weighted by atomic mass is 9.99. The summed E-state index contributed by atoms with van der Waals surface area (Å²) in [5.41, 5.74) is 2.28. The van der Waals surface area contributed by atoms with E-state index in [1.807, 2.05) is 18.2 Å². The number of benzene rings is 1. The topological polar surface area (TPSA) is 24.9 Å². The summed E-state index contributed by atoms with van der Waals surface area (Å²) in [6, 6.07) is 8.99. The summed E-state index contributed by atoms with van der Waals surface area (Å²) < 4.78 is 14.0. The molecule has 1 N–H and O–H groups in total. The highest BCUT2D eigenvalue weighted by molar-refractivity contribution is 9.10. The smallest absolute Gasteiger partial charge is 0.124 e. The van der Waals surface area contributed by atoms with Crippen LogP contribution in [-0.2, 0) is 6.42 Å². The Morgan fingerprint density at radius 1 is 1.26 bits per heavy atom. The van der Waals surface area contributed by atoms with Gasteiger partial charge in [0.05, 0.1) is 0 Å². The van der Waals surface area contributed by atoms with Crippen molar-refractivity contribution in [3.05, 3.63) is 64.1 Å². The molecule has 0 aliphatic carbocycles. The lowest BCUT2D eigenvalue weighted by Gasteiger charge is -2.20. The first kappa shape index (κ1) is 14.2. The largest absolute Gasteiger partial charge is 0.310 e. The van der Waals surface area contributed by atoms with Crippen molar-refractivity contribution in [3.63, 3.8) is 0 Å². The van der Waals surface area contributed by atoms with Gasteiger partial charge in [-0.3, -0.25) is 4.98 Å². The van der Waals surface area contributed by atoms with Gasteiger partial charge in [0.15, 0.2) is 0 Å². The van der Waals surface area contributed by atoms with E-state index in [1.165, 1.54) is 17.7 Å². The Morgan fingerprint density at radius 2 is 2.00 bits per heavy atom. The number of pyridine rings is 1. The van der Waals surface area contributed by atoms with E-state index in [4.69, 9.17) is 0 Å². The molecule has 0 spiro atoms. The van der Waals surface area contributed by atoms with Gasteiger partial charge < -0.3 is 5.32 Å². The lowest BCUT2D eigenvalue weighted by molar-refractivity contribution is 0.545. The third-order valence-corrected chi connectivity index (χ3v) is 3.66. The van der Waals surface area contributed by atoms with Gasteiger partial charge in [-0.1, -0.05) is 28.9 Å².